The lowest BCUT2D eigenvalue weighted by atomic mass is 10.0. The van der Waals surface area contributed by atoms with E-state index in [4.69, 9.17) is 4.74 Å². The predicted molar refractivity (Wildman–Crippen MR) is 52.0 cm³/mol. The fourth-order valence-corrected chi connectivity index (χ4v) is 1.69. The number of ether oxygens (including phenoxy) is 1. The third-order valence-corrected chi connectivity index (χ3v) is 2.52. The van der Waals surface area contributed by atoms with Crippen molar-refractivity contribution in [2.45, 2.75) is 18.8 Å². The molecule has 1 fully saturated rings. The van der Waals surface area contributed by atoms with Crippen LogP contribution in [-0.2, 0) is 0 Å². The lowest BCUT2D eigenvalue weighted by Crippen LogP contribution is -1.96. The van der Waals surface area contributed by atoms with Gasteiger partial charge in [-0.2, -0.15) is 0 Å². The van der Waals surface area contributed by atoms with E-state index in [1.165, 1.54) is 7.11 Å². The van der Waals surface area contributed by atoms with E-state index in [9.17, 15) is 9.90 Å². The number of hydrogen-bond acceptors (Lipinski definition) is 3. The molecule has 2 rings (SSSR count). The van der Waals surface area contributed by atoms with E-state index in [-0.39, 0.29) is 5.75 Å². The Morgan fingerprint density at radius 3 is 2.71 bits per heavy atom. The van der Waals surface area contributed by atoms with Gasteiger partial charge in [0.25, 0.3) is 0 Å². The maximum atomic E-state index is 10.7. The molecular weight excluding hydrogens is 180 g/mol. The van der Waals surface area contributed by atoms with Crippen LogP contribution in [0, 0.1) is 0 Å². The fourth-order valence-electron chi connectivity index (χ4n) is 1.69. The molecule has 1 aromatic carbocycles. The molecule has 0 atom stereocenters. The van der Waals surface area contributed by atoms with Crippen molar-refractivity contribution in [1.29, 1.82) is 0 Å². The van der Waals surface area contributed by atoms with Crippen molar-refractivity contribution in [1.82, 2.24) is 0 Å². The molecule has 3 nitrogen and oxygen atoms in total. The zero-order chi connectivity index (χ0) is 10.1. The Hall–Kier alpha value is -1.51. The molecule has 1 aliphatic carbocycles. The van der Waals surface area contributed by atoms with Crippen LogP contribution in [0.2, 0.25) is 0 Å². The third kappa shape index (κ3) is 1.35. The van der Waals surface area contributed by atoms with Gasteiger partial charge in [-0.1, -0.05) is 0 Å². The molecule has 1 aromatic rings. The topological polar surface area (TPSA) is 46.5 Å². The lowest BCUT2D eigenvalue weighted by molar-refractivity contribution is 0.112. The molecule has 3 heteroatoms. The van der Waals surface area contributed by atoms with E-state index >= 15 is 0 Å². The smallest absolute Gasteiger partial charge is 0.153 e. The molecule has 1 saturated carbocycles. The van der Waals surface area contributed by atoms with Crippen LogP contribution in [0.4, 0.5) is 0 Å². The highest BCUT2D eigenvalue weighted by atomic mass is 16.5. The molecule has 0 heterocycles. The Bertz CT molecular complexity index is 367. The Labute approximate surface area is 82.3 Å². The molecule has 0 radical (unpaired) electrons. The van der Waals surface area contributed by atoms with E-state index in [0.717, 1.165) is 24.7 Å². The monoisotopic (exact) mass is 192 g/mol. The highest BCUT2D eigenvalue weighted by Gasteiger charge is 2.30. The molecule has 74 valence electrons. The Morgan fingerprint density at radius 2 is 2.21 bits per heavy atom. The first kappa shape index (κ1) is 9.06. The van der Waals surface area contributed by atoms with E-state index < -0.39 is 0 Å². The van der Waals surface area contributed by atoms with Gasteiger partial charge in [0.05, 0.1) is 12.7 Å². The van der Waals surface area contributed by atoms with Crippen molar-refractivity contribution in [2.24, 2.45) is 0 Å². The summed E-state index contributed by atoms with van der Waals surface area (Å²) in [6.07, 6.45) is 2.88. The minimum absolute atomic E-state index is 0.231. The average molecular weight is 192 g/mol. The average Bonchev–Trinajstić information content (AvgIpc) is 3.00. The molecule has 0 spiro atoms. The van der Waals surface area contributed by atoms with Crippen LogP contribution in [0.25, 0.3) is 0 Å². The molecule has 0 aromatic heterocycles. The second-order valence-electron chi connectivity index (χ2n) is 3.51. The second-order valence-corrected chi connectivity index (χ2v) is 3.51. The Kier molecular flexibility index (Phi) is 2.15. The first-order chi connectivity index (χ1) is 6.77. The summed E-state index contributed by atoms with van der Waals surface area (Å²) in [7, 11) is 1.52. The molecule has 1 aliphatic rings. The first-order valence-electron chi connectivity index (χ1n) is 4.63. The molecule has 0 amide bonds. The molecular formula is C11H12O3. The fraction of sp³-hybridized carbons (Fsp3) is 0.364. The van der Waals surface area contributed by atoms with Crippen LogP contribution in [0.3, 0.4) is 0 Å². The van der Waals surface area contributed by atoms with Crippen LogP contribution < -0.4 is 4.74 Å². The molecule has 0 aliphatic heterocycles. The van der Waals surface area contributed by atoms with Gasteiger partial charge in [-0.25, -0.2) is 0 Å². The van der Waals surface area contributed by atoms with Gasteiger partial charge in [-0.15, -0.1) is 0 Å². The van der Waals surface area contributed by atoms with Gasteiger partial charge in [-0.05, 0) is 30.9 Å². The van der Waals surface area contributed by atoms with Crippen LogP contribution in [0.15, 0.2) is 12.1 Å². The van der Waals surface area contributed by atoms with Crippen LogP contribution in [0.5, 0.6) is 11.5 Å². The second kappa shape index (κ2) is 3.33. The van der Waals surface area contributed by atoms with E-state index in [2.05, 4.69) is 0 Å². The van der Waals surface area contributed by atoms with Crippen LogP contribution >= 0.6 is 0 Å². The summed E-state index contributed by atoms with van der Waals surface area (Å²) in [4.78, 5) is 10.7. The van der Waals surface area contributed by atoms with E-state index in [1.807, 2.05) is 0 Å². The number of hydrogen-bond donors (Lipinski definition) is 1. The minimum atomic E-state index is 0.231. The number of aldehydes is 1. The van der Waals surface area contributed by atoms with Gasteiger partial charge in [-0.3, -0.25) is 4.79 Å². The molecule has 0 saturated heterocycles. The van der Waals surface area contributed by atoms with Crippen molar-refractivity contribution in [3.8, 4) is 11.5 Å². The minimum Gasteiger partial charge on any atom is -0.508 e. The van der Waals surface area contributed by atoms with Gasteiger partial charge >= 0.3 is 0 Å². The Morgan fingerprint density at radius 1 is 1.50 bits per heavy atom. The quantitative estimate of drug-likeness (QED) is 0.746. The number of phenols is 1. The van der Waals surface area contributed by atoms with Crippen molar-refractivity contribution < 1.29 is 14.6 Å². The van der Waals surface area contributed by atoms with Crippen LogP contribution in [0.1, 0.15) is 34.7 Å². The van der Waals surface area contributed by atoms with E-state index in [1.54, 1.807) is 12.1 Å². The standard InChI is InChI=1S/C11H12O3/c1-14-11-8(6-12)4-5-9(13)10(11)7-2-3-7/h4-7,13H,2-3H2,1H3. The van der Waals surface area contributed by atoms with Crippen molar-refractivity contribution in [2.75, 3.05) is 7.11 Å². The highest BCUT2D eigenvalue weighted by molar-refractivity contribution is 5.81. The van der Waals surface area contributed by atoms with Gasteiger partial charge < -0.3 is 9.84 Å². The SMILES string of the molecule is COc1c(C=O)ccc(O)c1C1CC1. The highest BCUT2D eigenvalue weighted by Crippen LogP contribution is 2.49. The molecule has 0 unspecified atom stereocenters. The predicted octanol–water partition coefficient (Wildman–Crippen LogP) is 2.09. The van der Waals surface area contributed by atoms with Crippen molar-refractivity contribution >= 4 is 6.29 Å². The number of methoxy groups -OCH3 is 1. The summed E-state index contributed by atoms with van der Waals surface area (Å²) >= 11 is 0. The Balaban J connectivity index is 2.57. The summed E-state index contributed by atoms with van der Waals surface area (Å²) in [5.41, 5.74) is 1.30. The maximum Gasteiger partial charge on any atom is 0.153 e. The molecule has 0 bridgehead atoms. The number of carbonyl (C=O) groups excluding carboxylic acids is 1. The number of carbonyl (C=O) groups is 1. The summed E-state index contributed by atoms with van der Waals surface area (Å²) in [5.74, 6) is 1.13. The largest absolute Gasteiger partial charge is 0.508 e. The van der Waals surface area contributed by atoms with Gasteiger partial charge in [0.2, 0.25) is 0 Å². The summed E-state index contributed by atoms with van der Waals surface area (Å²) in [5, 5.41) is 9.66. The summed E-state index contributed by atoms with van der Waals surface area (Å²) < 4.78 is 5.16. The van der Waals surface area contributed by atoms with E-state index in [0.29, 0.717) is 17.2 Å². The number of rotatable bonds is 3. The lowest BCUT2D eigenvalue weighted by Gasteiger charge is -2.11. The van der Waals surface area contributed by atoms with Gasteiger partial charge in [0, 0.05) is 5.56 Å². The first-order valence-corrected chi connectivity index (χ1v) is 4.63. The van der Waals surface area contributed by atoms with Gasteiger partial charge in [0.1, 0.15) is 11.5 Å². The van der Waals surface area contributed by atoms with Crippen LogP contribution in [-0.4, -0.2) is 18.5 Å². The summed E-state index contributed by atoms with van der Waals surface area (Å²) in [6, 6.07) is 3.13. The molecule has 14 heavy (non-hydrogen) atoms. The zero-order valence-corrected chi connectivity index (χ0v) is 7.99. The number of benzene rings is 1. The number of aromatic hydroxyl groups is 1. The maximum absolute atomic E-state index is 10.7. The van der Waals surface area contributed by atoms with Crippen molar-refractivity contribution in [3.05, 3.63) is 23.3 Å². The van der Waals surface area contributed by atoms with Crippen molar-refractivity contribution in [3.63, 3.8) is 0 Å². The summed E-state index contributed by atoms with van der Waals surface area (Å²) in [6.45, 7) is 0. The zero-order valence-electron chi connectivity index (χ0n) is 7.99. The van der Waals surface area contributed by atoms with Gasteiger partial charge in [0.15, 0.2) is 6.29 Å². The normalized spacial score (nSPS) is 15.2. The molecule has 1 N–H and O–H groups in total. The number of phenolic OH excluding ortho intramolecular Hbond substituents is 1. The third-order valence-electron chi connectivity index (χ3n) is 2.52.